The van der Waals surface area contributed by atoms with Gasteiger partial charge in [-0.15, -0.1) is 0 Å². The molecule has 0 atom stereocenters. The summed E-state index contributed by atoms with van der Waals surface area (Å²) in [6.45, 7) is 0.888. The Morgan fingerprint density at radius 3 is 2.59 bits per heavy atom. The lowest BCUT2D eigenvalue weighted by atomic mass is 9.67. The van der Waals surface area contributed by atoms with Crippen LogP contribution in [0.5, 0.6) is 0 Å². The summed E-state index contributed by atoms with van der Waals surface area (Å²) in [5, 5.41) is 2.51. The minimum Gasteiger partial charge on any atom is -0.356 e. The summed E-state index contributed by atoms with van der Waals surface area (Å²) in [6, 6.07) is 1.17. The van der Waals surface area contributed by atoms with Crippen LogP contribution in [0, 0.1) is 5.82 Å². The molecule has 0 saturated carbocycles. The average molecular weight is 250 g/mol. The Hall–Kier alpha value is -1.03. The largest absolute Gasteiger partial charge is 0.356 e. The molecule has 1 fully saturated rings. The van der Waals surface area contributed by atoms with E-state index in [-0.39, 0.29) is 11.1 Å². The molecule has 1 saturated heterocycles. The molecule has 17 heavy (non-hydrogen) atoms. The van der Waals surface area contributed by atoms with Crippen LogP contribution >= 0.6 is 11.6 Å². The molecule has 4 radical (unpaired) electrons. The maximum Gasteiger partial charge on any atom is 0.220 e. The van der Waals surface area contributed by atoms with Crippen LogP contribution in [0.15, 0.2) is 12.3 Å². The van der Waals surface area contributed by atoms with Gasteiger partial charge in [-0.3, -0.25) is 4.79 Å². The predicted molar refractivity (Wildman–Crippen MR) is 65.7 cm³/mol. The number of hydrogen-bond donors (Lipinski definition) is 1. The molecule has 0 spiro atoms. The van der Waals surface area contributed by atoms with Gasteiger partial charge in [-0.25, -0.2) is 9.37 Å². The van der Waals surface area contributed by atoms with Crippen LogP contribution in [-0.2, 0) is 4.79 Å². The first-order chi connectivity index (χ1) is 8.00. The highest BCUT2D eigenvalue weighted by Crippen LogP contribution is 2.15. The highest BCUT2D eigenvalue weighted by molar-refractivity contribution is 6.35. The molecule has 1 aliphatic heterocycles. The zero-order valence-corrected chi connectivity index (χ0v) is 9.88. The van der Waals surface area contributed by atoms with Crippen LogP contribution in [0.3, 0.4) is 0 Å². The number of nitrogens with one attached hydrogen (secondary N) is 1. The average Bonchev–Trinajstić information content (AvgIpc) is 2.74. The first-order valence-corrected chi connectivity index (χ1v) is 5.47. The molecule has 86 valence electrons. The van der Waals surface area contributed by atoms with Gasteiger partial charge in [-0.2, -0.15) is 0 Å². The van der Waals surface area contributed by atoms with Crippen LogP contribution in [0.25, 0.3) is 0 Å². The van der Waals surface area contributed by atoms with E-state index in [1.165, 1.54) is 12.3 Å². The molecule has 3 nitrogen and oxygen atoms in total. The van der Waals surface area contributed by atoms with Crippen molar-refractivity contribution in [2.75, 3.05) is 6.54 Å². The number of nitrogens with zero attached hydrogens (tertiary/aromatic N) is 1. The van der Waals surface area contributed by atoms with Crippen molar-refractivity contribution < 1.29 is 9.18 Å². The Kier molecular flexibility index (Phi) is 5.48. The van der Waals surface area contributed by atoms with Crippen molar-refractivity contribution >= 4 is 33.2 Å². The second kappa shape index (κ2) is 6.64. The smallest absolute Gasteiger partial charge is 0.220 e. The molecule has 1 N–H and O–H groups in total. The number of amides is 1. The van der Waals surface area contributed by atoms with E-state index in [0.717, 1.165) is 19.4 Å². The van der Waals surface area contributed by atoms with Crippen molar-refractivity contribution in [3.05, 3.63) is 28.8 Å². The number of pyridine rings is 1. The van der Waals surface area contributed by atoms with Gasteiger partial charge in [-0.05, 0) is 18.1 Å². The summed E-state index contributed by atoms with van der Waals surface area (Å²) >= 11 is 5.32. The van der Waals surface area contributed by atoms with Crippen LogP contribution in [0.4, 0.5) is 4.39 Å². The van der Waals surface area contributed by atoms with Gasteiger partial charge in [0.05, 0.1) is 15.7 Å². The van der Waals surface area contributed by atoms with Crippen LogP contribution in [0.1, 0.15) is 24.1 Å². The Bertz CT molecular complexity index is 396. The minimum absolute atomic E-state index is 0.172. The van der Waals surface area contributed by atoms with Gasteiger partial charge in [-0.1, -0.05) is 17.3 Å². The van der Waals surface area contributed by atoms with Gasteiger partial charge in [0, 0.05) is 19.2 Å². The van der Waals surface area contributed by atoms with Gasteiger partial charge in [0.1, 0.15) is 0 Å². The molecule has 1 amide bonds. The molecule has 0 unspecified atom stereocenters. The van der Waals surface area contributed by atoms with Crippen molar-refractivity contribution in [1.29, 1.82) is 0 Å². The van der Waals surface area contributed by atoms with E-state index in [1.807, 2.05) is 0 Å². The lowest BCUT2D eigenvalue weighted by Crippen LogP contribution is -2.12. The van der Waals surface area contributed by atoms with Crippen LogP contribution in [0.2, 0.25) is 5.15 Å². The second-order valence-corrected chi connectivity index (χ2v) is 3.88. The molecule has 2 heterocycles. The summed E-state index contributed by atoms with van der Waals surface area (Å²) in [5.41, 5.74) is -0.291. The first kappa shape index (κ1) is 14.0. The summed E-state index contributed by atoms with van der Waals surface area (Å²) in [6.07, 6.45) is 3.11. The third-order valence-electron chi connectivity index (χ3n) is 2.11. The zero-order valence-electron chi connectivity index (χ0n) is 9.12. The van der Waals surface area contributed by atoms with E-state index in [2.05, 4.69) is 10.3 Å². The zero-order chi connectivity index (χ0) is 12.8. The van der Waals surface area contributed by atoms with Crippen molar-refractivity contribution in [3.8, 4) is 0 Å². The second-order valence-electron chi connectivity index (χ2n) is 3.52. The lowest BCUT2D eigenvalue weighted by molar-refractivity contribution is -0.119. The van der Waals surface area contributed by atoms with E-state index >= 15 is 0 Å². The van der Waals surface area contributed by atoms with Crippen molar-refractivity contribution in [1.82, 2.24) is 10.3 Å². The van der Waals surface area contributed by atoms with Gasteiger partial charge in [0.2, 0.25) is 5.91 Å². The summed E-state index contributed by atoms with van der Waals surface area (Å²) in [7, 11) is 10.5. The van der Waals surface area contributed by atoms with Gasteiger partial charge < -0.3 is 5.32 Å². The first-order valence-electron chi connectivity index (χ1n) is 5.09. The minimum atomic E-state index is -0.714. The van der Waals surface area contributed by atoms with E-state index in [0.29, 0.717) is 5.56 Å². The van der Waals surface area contributed by atoms with E-state index in [1.54, 1.807) is 0 Å². The van der Waals surface area contributed by atoms with E-state index in [9.17, 15) is 9.18 Å². The molecule has 0 aliphatic carbocycles. The molecule has 1 aliphatic rings. The molecule has 1 aromatic heterocycles. The lowest BCUT2D eigenvalue weighted by Gasteiger charge is -2.04. The Morgan fingerprint density at radius 1 is 1.53 bits per heavy atom. The summed E-state index contributed by atoms with van der Waals surface area (Å²) in [5.74, 6) is -0.403. The highest BCUT2D eigenvalue weighted by atomic mass is 35.5. The Labute approximate surface area is 107 Å². The molecule has 2 rings (SSSR count). The Morgan fingerprint density at radius 2 is 2.24 bits per heavy atom. The third-order valence-corrected chi connectivity index (χ3v) is 2.38. The monoisotopic (exact) mass is 250 g/mol. The molecule has 0 bridgehead atoms. The summed E-state index contributed by atoms with van der Waals surface area (Å²) < 4.78 is 12.6. The molecule has 1 aromatic rings. The molecular weight excluding hydrogens is 240 g/mol. The van der Waals surface area contributed by atoms with Crippen LogP contribution in [-0.4, -0.2) is 33.1 Å². The van der Waals surface area contributed by atoms with E-state index in [4.69, 9.17) is 27.3 Å². The van der Waals surface area contributed by atoms with Gasteiger partial charge in [0.25, 0.3) is 0 Å². The topological polar surface area (TPSA) is 42.0 Å². The molecule has 0 aromatic carbocycles. The fourth-order valence-electron chi connectivity index (χ4n) is 1.18. The standard InChI is InChI=1S/C6H3B2ClFN.C4H7NO/c7-5(8)3-1-4(10)6(9)11-2-3;6-4-2-1-3-5-4/h1-2,5H;1-3H2,(H,5,6). The third kappa shape index (κ3) is 4.77. The van der Waals surface area contributed by atoms with Crippen molar-refractivity contribution in [2.24, 2.45) is 0 Å². The number of carbonyl (C=O) groups is 1. The molecular formula is C10H10B2ClFN2O. The van der Waals surface area contributed by atoms with Crippen LogP contribution < -0.4 is 5.32 Å². The number of rotatable bonds is 1. The maximum atomic E-state index is 12.6. The SMILES string of the molecule is O=C1CCCN1.[B]C([B])c1cnc(Cl)c(F)c1. The summed E-state index contributed by atoms with van der Waals surface area (Å²) in [4.78, 5) is 13.7. The number of hydrogen-bond acceptors (Lipinski definition) is 2. The fraction of sp³-hybridized carbons (Fsp3) is 0.400. The Balaban J connectivity index is 0.000000202. The van der Waals surface area contributed by atoms with Crippen molar-refractivity contribution in [3.63, 3.8) is 0 Å². The number of aromatic nitrogens is 1. The predicted octanol–water partition coefficient (Wildman–Crippen LogP) is 1.11. The fourth-order valence-corrected chi connectivity index (χ4v) is 1.29. The molecule has 7 heteroatoms. The van der Waals surface area contributed by atoms with Gasteiger partial charge >= 0.3 is 0 Å². The van der Waals surface area contributed by atoms with Gasteiger partial charge in [0.15, 0.2) is 11.0 Å². The number of carbonyl (C=O) groups excluding carboxylic acids is 1. The van der Waals surface area contributed by atoms with Crippen molar-refractivity contribution in [2.45, 2.75) is 18.6 Å². The quantitative estimate of drug-likeness (QED) is 0.599. The highest BCUT2D eigenvalue weighted by Gasteiger charge is 2.05. The normalized spacial score (nSPS) is 14.2. The number of halogens is 2. The maximum absolute atomic E-state index is 12.6. The van der Waals surface area contributed by atoms with E-state index < -0.39 is 11.5 Å².